The maximum Gasteiger partial charge on any atom is 0.246 e. The highest BCUT2D eigenvalue weighted by Gasteiger charge is 2.14. The maximum atomic E-state index is 12.5. The molecular formula is C20H30N2O3. The number of amides is 1. The molecule has 5 nitrogen and oxygen atoms in total. The number of rotatable bonds is 7. The standard InChI is InChI=1S/C20H30N2O3/c1-16-14-18(3)19(15-17(16)2)4-5-20(24)22(8-11-23)7-6-21-9-12-25-13-10-21/h4-5,14-15,23H,6-13H2,1-3H3/b5-4+. The van der Waals surface area contributed by atoms with Crippen molar-refractivity contribution in [2.75, 3.05) is 52.5 Å². The van der Waals surface area contributed by atoms with E-state index in [1.165, 1.54) is 11.1 Å². The topological polar surface area (TPSA) is 53.0 Å². The largest absolute Gasteiger partial charge is 0.395 e. The van der Waals surface area contributed by atoms with Crippen LogP contribution in [-0.4, -0.2) is 73.4 Å². The number of nitrogens with zero attached hydrogens (tertiary/aromatic N) is 2. The molecule has 1 N–H and O–H groups in total. The van der Waals surface area contributed by atoms with Gasteiger partial charge in [-0.15, -0.1) is 0 Å². The molecule has 0 atom stereocenters. The summed E-state index contributed by atoms with van der Waals surface area (Å²) in [6.45, 7) is 11.3. The molecule has 0 unspecified atom stereocenters. The van der Waals surface area contributed by atoms with Crippen LogP contribution in [-0.2, 0) is 9.53 Å². The van der Waals surface area contributed by atoms with Crippen molar-refractivity contribution in [1.29, 1.82) is 0 Å². The van der Waals surface area contributed by atoms with Crippen LogP contribution in [0.5, 0.6) is 0 Å². The lowest BCUT2D eigenvalue weighted by Gasteiger charge is -2.29. The second kappa shape index (κ2) is 9.70. The number of carbonyl (C=O) groups excluding carboxylic acids is 1. The Morgan fingerprint density at radius 1 is 1.16 bits per heavy atom. The third-order valence-corrected chi connectivity index (χ3v) is 4.76. The van der Waals surface area contributed by atoms with Gasteiger partial charge in [0.1, 0.15) is 0 Å². The lowest BCUT2D eigenvalue weighted by atomic mass is 10.0. The van der Waals surface area contributed by atoms with Gasteiger partial charge in [-0.2, -0.15) is 0 Å². The number of morpholine rings is 1. The molecule has 1 aromatic carbocycles. The van der Waals surface area contributed by atoms with Crippen LogP contribution in [0, 0.1) is 20.8 Å². The quantitative estimate of drug-likeness (QED) is 0.765. The van der Waals surface area contributed by atoms with Crippen molar-refractivity contribution < 1.29 is 14.6 Å². The van der Waals surface area contributed by atoms with E-state index in [9.17, 15) is 9.90 Å². The molecule has 0 aliphatic carbocycles. The Morgan fingerprint density at radius 3 is 2.52 bits per heavy atom. The van der Waals surface area contributed by atoms with Gasteiger partial charge < -0.3 is 14.7 Å². The van der Waals surface area contributed by atoms with E-state index in [4.69, 9.17) is 4.74 Å². The number of hydrogen-bond donors (Lipinski definition) is 1. The Labute approximate surface area is 150 Å². The van der Waals surface area contributed by atoms with E-state index in [1.807, 2.05) is 6.08 Å². The summed E-state index contributed by atoms with van der Waals surface area (Å²) in [5, 5.41) is 9.27. The van der Waals surface area contributed by atoms with Crippen LogP contribution >= 0.6 is 0 Å². The zero-order valence-corrected chi connectivity index (χ0v) is 15.6. The van der Waals surface area contributed by atoms with Crippen LogP contribution in [0.15, 0.2) is 18.2 Å². The zero-order chi connectivity index (χ0) is 18.2. The van der Waals surface area contributed by atoms with Gasteiger partial charge in [0, 0.05) is 38.8 Å². The van der Waals surface area contributed by atoms with E-state index < -0.39 is 0 Å². The smallest absolute Gasteiger partial charge is 0.246 e. The Bertz CT molecular complexity index is 607. The van der Waals surface area contributed by atoms with E-state index in [-0.39, 0.29) is 12.5 Å². The summed E-state index contributed by atoms with van der Waals surface area (Å²) in [5.41, 5.74) is 4.70. The van der Waals surface area contributed by atoms with E-state index in [1.54, 1.807) is 11.0 Å². The molecule has 1 aliphatic heterocycles. The molecule has 138 valence electrons. The molecule has 0 spiro atoms. The first-order valence-electron chi connectivity index (χ1n) is 8.97. The van der Waals surface area contributed by atoms with Gasteiger partial charge in [-0.25, -0.2) is 0 Å². The van der Waals surface area contributed by atoms with Crippen LogP contribution in [0.3, 0.4) is 0 Å². The fourth-order valence-electron chi connectivity index (χ4n) is 2.97. The van der Waals surface area contributed by atoms with Crippen LogP contribution < -0.4 is 0 Å². The SMILES string of the molecule is Cc1cc(C)c(/C=C/C(=O)N(CCO)CCN2CCOCC2)cc1C. The molecule has 1 aromatic rings. The Morgan fingerprint density at radius 2 is 1.84 bits per heavy atom. The van der Waals surface area contributed by atoms with E-state index >= 15 is 0 Å². The first kappa shape index (κ1) is 19.6. The van der Waals surface area contributed by atoms with Crippen LogP contribution in [0.25, 0.3) is 6.08 Å². The van der Waals surface area contributed by atoms with Crippen molar-refractivity contribution in [3.05, 3.63) is 40.5 Å². The Hall–Kier alpha value is -1.69. The highest BCUT2D eigenvalue weighted by Crippen LogP contribution is 2.16. The number of aliphatic hydroxyl groups is 1. The van der Waals surface area contributed by atoms with Gasteiger partial charge in [0.05, 0.1) is 19.8 Å². The number of benzene rings is 1. The summed E-state index contributed by atoms with van der Waals surface area (Å²) in [4.78, 5) is 16.5. The third kappa shape index (κ3) is 5.96. The van der Waals surface area contributed by atoms with Crippen molar-refractivity contribution in [3.63, 3.8) is 0 Å². The molecule has 0 saturated carbocycles. The van der Waals surface area contributed by atoms with Crippen molar-refractivity contribution >= 4 is 12.0 Å². The van der Waals surface area contributed by atoms with Gasteiger partial charge >= 0.3 is 0 Å². The van der Waals surface area contributed by atoms with Gasteiger partial charge in [-0.05, 0) is 49.1 Å². The van der Waals surface area contributed by atoms with Crippen LogP contribution in [0.1, 0.15) is 22.3 Å². The molecule has 1 amide bonds. The minimum atomic E-state index is -0.0556. The minimum absolute atomic E-state index is 0.0225. The van der Waals surface area contributed by atoms with Crippen molar-refractivity contribution in [2.45, 2.75) is 20.8 Å². The highest BCUT2D eigenvalue weighted by atomic mass is 16.5. The van der Waals surface area contributed by atoms with E-state index in [2.05, 4.69) is 37.8 Å². The van der Waals surface area contributed by atoms with Gasteiger partial charge in [-0.3, -0.25) is 9.69 Å². The van der Waals surface area contributed by atoms with Gasteiger partial charge in [0.25, 0.3) is 0 Å². The highest BCUT2D eigenvalue weighted by molar-refractivity contribution is 5.92. The predicted molar refractivity (Wildman–Crippen MR) is 101 cm³/mol. The summed E-state index contributed by atoms with van der Waals surface area (Å²) in [5.74, 6) is -0.0556. The summed E-state index contributed by atoms with van der Waals surface area (Å²) in [6.07, 6.45) is 3.50. The van der Waals surface area contributed by atoms with Crippen molar-refractivity contribution in [1.82, 2.24) is 9.80 Å². The number of aryl methyl sites for hydroxylation is 3. The summed E-state index contributed by atoms with van der Waals surface area (Å²) in [7, 11) is 0. The first-order valence-corrected chi connectivity index (χ1v) is 8.97. The maximum absolute atomic E-state index is 12.5. The monoisotopic (exact) mass is 346 g/mol. The lowest BCUT2D eigenvalue weighted by Crippen LogP contribution is -2.43. The molecule has 5 heteroatoms. The summed E-state index contributed by atoms with van der Waals surface area (Å²) < 4.78 is 5.34. The number of aliphatic hydroxyl groups excluding tert-OH is 1. The van der Waals surface area contributed by atoms with Gasteiger partial charge in [0.15, 0.2) is 0 Å². The summed E-state index contributed by atoms with van der Waals surface area (Å²) >= 11 is 0. The Balaban J connectivity index is 1.97. The second-order valence-electron chi connectivity index (χ2n) is 6.63. The molecule has 0 bridgehead atoms. The fourth-order valence-corrected chi connectivity index (χ4v) is 2.97. The Kier molecular flexibility index (Phi) is 7.62. The number of ether oxygens (including phenoxy) is 1. The van der Waals surface area contributed by atoms with E-state index in [0.717, 1.165) is 44.0 Å². The second-order valence-corrected chi connectivity index (χ2v) is 6.63. The van der Waals surface area contributed by atoms with Crippen LogP contribution in [0.4, 0.5) is 0 Å². The fraction of sp³-hybridized carbons (Fsp3) is 0.550. The molecule has 25 heavy (non-hydrogen) atoms. The average Bonchev–Trinajstić information content (AvgIpc) is 2.61. The summed E-state index contributed by atoms with van der Waals surface area (Å²) in [6, 6.07) is 4.25. The third-order valence-electron chi connectivity index (χ3n) is 4.76. The number of hydrogen-bond acceptors (Lipinski definition) is 4. The van der Waals surface area contributed by atoms with E-state index in [0.29, 0.717) is 13.1 Å². The molecule has 1 heterocycles. The first-order chi connectivity index (χ1) is 12.0. The molecule has 0 aromatic heterocycles. The predicted octanol–water partition coefficient (Wildman–Crippen LogP) is 1.78. The lowest BCUT2D eigenvalue weighted by molar-refractivity contribution is -0.126. The average molecular weight is 346 g/mol. The molecule has 0 radical (unpaired) electrons. The molecule has 1 fully saturated rings. The molecular weight excluding hydrogens is 316 g/mol. The molecule has 1 saturated heterocycles. The van der Waals surface area contributed by atoms with Gasteiger partial charge in [0.2, 0.25) is 5.91 Å². The van der Waals surface area contributed by atoms with Crippen LogP contribution in [0.2, 0.25) is 0 Å². The molecule has 2 rings (SSSR count). The zero-order valence-electron chi connectivity index (χ0n) is 15.6. The van der Waals surface area contributed by atoms with Gasteiger partial charge in [-0.1, -0.05) is 12.1 Å². The van der Waals surface area contributed by atoms with Crippen molar-refractivity contribution in [3.8, 4) is 0 Å². The molecule has 1 aliphatic rings. The minimum Gasteiger partial charge on any atom is -0.395 e. The normalized spacial score (nSPS) is 15.7. The van der Waals surface area contributed by atoms with Crippen molar-refractivity contribution in [2.24, 2.45) is 0 Å². The number of carbonyl (C=O) groups is 1.